The van der Waals surface area contributed by atoms with Crippen LogP contribution < -0.4 is 5.32 Å². The zero-order valence-electron chi connectivity index (χ0n) is 18.5. The maximum absolute atomic E-state index is 3.67. The molecular formula is C26H45N. The summed E-state index contributed by atoms with van der Waals surface area (Å²) in [5.74, 6) is 1.81. The van der Waals surface area contributed by atoms with E-state index in [0.717, 1.165) is 18.4 Å². The van der Waals surface area contributed by atoms with Gasteiger partial charge in [-0.3, -0.25) is 0 Å². The summed E-state index contributed by atoms with van der Waals surface area (Å²) in [6.07, 6.45) is 19.6. The van der Waals surface area contributed by atoms with Crippen molar-refractivity contribution in [3.8, 4) is 0 Å². The summed E-state index contributed by atoms with van der Waals surface area (Å²) in [5, 5.41) is 3.67. The van der Waals surface area contributed by atoms with Gasteiger partial charge in [0, 0.05) is 12.2 Å². The largest absolute Gasteiger partial charge is 0.385 e. The van der Waals surface area contributed by atoms with Crippen LogP contribution >= 0.6 is 0 Å². The van der Waals surface area contributed by atoms with Crippen molar-refractivity contribution in [1.29, 1.82) is 0 Å². The summed E-state index contributed by atoms with van der Waals surface area (Å²) >= 11 is 0. The fraction of sp³-hybridized carbons (Fsp3) is 0.769. The van der Waals surface area contributed by atoms with E-state index >= 15 is 0 Å². The summed E-state index contributed by atoms with van der Waals surface area (Å²) < 4.78 is 0. The summed E-state index contributed by atoms with van der Waals surface area (Å²) in [4.78, 5) is 0. The van der Waals surface area contributed by atoms with Crippen LogP contribution in [0.15, 0.2) is 18.2 Å². The Labute approximate surface area is 169 Å². The smallest absolute Gasteiger partial charge is 0.0370 e. The second-order valence-electron chi connectivity index (χ2n) is 8.98. The fourth-order valence-electron chi connectivity index (χ4n) is 4.74. The molecule has 0 bridgehead atoms. The molecule has 1 aliphatic carbocycles. The number of anilines is 1. The van der Waals surface area contributed by atoms with Crippen LogP contribution in [0.4, 0.5) is 5.69 Å². The second kappa shape index (κ2) is 13.2. The molecule has 0 saturated heterocycles. The Balaban J connectivity index is 1.70. The molecule has 0 atom stereocenters. The molecule has 1 saturated carbocycles. The number of hydrogen-bond acceptors (Lipinski definition) is 1. The molecule has 1 nitrogen and oxygen atoms in total. The molecule has 1 heteroatoms. The van der Waals surface area contributed by atoms with Gasteiger partial charge in [0.25, 0.3) is 0 Å². The van der Waals surface area contributed by atoms with Crippen LogP contribution in [0.2, 0.25) is 0 Å². The fourth-order valence-corrected chi connectivity index (χ4v) is 4.74. The Morgan fingerprint density at radius 1 is 0.815 bits per heavy atom. The van der Waals surface area contributed by atoms with Gasteiger partial charge >= 0.3 is 0 Å². The van der Waals surface area contributed by atoms with Crippen molar-refractivity contribution in [2.75, 3.05) is 11.9 Å². The zero-order valence-corrected chi connectivity index (χ0v) is 18.5. The minimum atomic E-state index is 0.804. The van der Waals surface area contributed by atoms with Crippen molar-refractivity contribution in [1.82, 2.24) is 0 Å². The third kappa shape index (κ3) is 8.28. The zero-order chi connectivity index (χ0) is 19.3. The standard InChI is InChI=1S/C26H45N/c1-4-6-8-9-10-12-20-27-26-19-18-25(21-22(26)3)24-16-14-23(15-17-24)13-11-7-5-2/h18-19,21,23-24,27H,4-17,20H2,1-3H3. The topological polar surface area (TPSA) is 12.0 Å². The van der Waals surface area contributed by atoms with Crippen molar-refractivity contribution in [3.63, 3.8) is 0 Å². The molecule has 1 fully saturated rings. The van der Waals surface area contributed by atoms with Gasteiger partial charge in [0.15, 0.2) is 0 Å². The molecule has 1 aromatic rings. The maximum atomic E-state index is 3.67. The first kappa shape index (κ1) is 22.3. The van der Waals surface area contributed by atoms with Gasteiger partial charge in [0.05, 0.1) is 0 Å². The Bertz CT molecular complexity index is 499. The van der Waals surface area contributed by atoms with Gasteiger partial charge in [-0.15, -0.1) is 0 Å². The predicted octanol–water partition coefficient (Wildman–Crippen LogP) is 8.62. The summed E-state index contributed by atoms with van der Waals surface area (Å²) in [5.41, 5.74) is 4.37. The van der Waals surface area contributed by atoms with E-state index in [0.29, 0.717) is 0 Å². The van der Waals surface area contributed by atoms with Crippen molar-refractivity contribution in [3.05, 3.63) is 29.3 Å². The number of aryl methyl sites for hydroxylation is 1. The van der Waals surface area contributed by atoms with Gasteiger partial charge in [0.2, 0.25) is 0 Å². The van der Waals surface area contributed by atoms with E-state index in [1.807, 2.05) is 0 Å². The van der Waals surface area contributed by atoms with Crippen LogP contribution in [0.25, 0.3) is 0 Å². The van der Waals surface area contributed by atoms with Gasteiger partial charge in [-0.25, -0.2) is 0 Å². The first-order valence-corrected chi connectivity index (χ1v) is 12.1. The lowest BCUT2D eigenvalue weighted by Crippen LogP contribution is -2.13. The Morgan fingerprint density at radius 3 is 2.19 bits per heavy atom. The summed E-state index contributed by atoms with van der Waals surface area (Å²) in [7, 11) is 0. The van der Waals surface area contributed by atoms with E-state index < -0.39 is 0 Å². The van der Waals surface area contributed by atoms with Crippen molar-refractivity contribution < 1.29 is 0 Å². The van der Waals surface area contributed by atoms with Gasteiger partial charge in [0.1, 0.15) is 0 Å². The van der Waals surface area contributed by atoms with Crippen LogP contribution in [0.5, 0.6) is 0 Å². The van der Waals surface area contributed by atoms with E-state index in [1.165, 1.54) is 101 Å². The Kier molecular flexibility index (Phi) is 10.9. The summed E-state index contributed by atoms with van der Waals surface area (Å²) in [6.45, 7) is 8.00. The SMILES string of the molecule is CCCCCCCCNc1ccc(C2CCC(CCCCC)CC2)cc1C. The van der Waals surface area contributed by atoms with E-state index in [-0.39, 0.29) is 0 Å². The van der Waals surface area contributed by atoms with Crippen molar-refractivity contribution >= 4 is 5.69 Å². The second-order valence-corrected chi connectivity index (χ2v) is 8.98. The molecule has 0 radical (unpaired) electrons. The molecular weight excluding hydrogens is 326 g/mol. The van der Waals surface area contributed by atoms with E-state index in [1.54, 1.807) is 5.56 Å². The minimum absolute atomic E-state index is 0.804. The highest BCUT2D eigenvalue weighted by Gasteiger charge is 2.22. The predicted molar refractivity (Wildman–Crippen MR) is 122 cm³/mol. The van der Waals surface area contributed by atoms with Crippen molar-refractivity contribution in [2.24, 2.45) is 5.92 Å². The van der Waals surface area contributed by atoms with Crippen LogP contribution in [0.3, 0.4) is 0 Å². The van der Waals surface area contributed by atoms with Crippen LogP contribution in [0.1, 0.15) is 121 Å². The lowest BCUT2D eigenvalue weighted by Gasteiger charge is -2.29. The van der Waals surface area contributed by atoms with Crippen LogP contribution in [-0.4, -0.2) is 6.54 Å². The number of unbranched alkanes of at least 4 members (excludes halogenated alkanes) is 7. The first-order valence-electron chi connectivity index (χ1n) is 12.1. The first-order chi connectivity index (χ1) is 13.2. The Hall–Kier alpha value is -0.980. The molecule has 2 rings (SSSR count). The van der Waals surface area contributed by atoms with Gasteiger partial charge in [-0.1, -0.05) is 83.8 Å². The molecule has 0 aliphatic heterocycles. The Morgan fingerprint density at radius 2 is 1.48 bits per heavy atom. The third-order valence-electron chi connectivity index (χ3n) is 6.63. The minimum Gasteiger partial charge on any atom is -0.385 e. The van der Waals surface area contributed by atoms with Gasteiger partial charge in [-0.05, 0) is 68.1 Å². The molecule has 0 heterocycles. The summed E-state index contributed by atoms with van der Waals surface area (Å²) in [6, 6.07) is 7.21. The molecule has 154 valence electrons. The van der Waals surface area contributed by atoms with E-state index in [4.69, 9.17) is 0 Å². The normalized spacial score (nSPS) is 20.0. The molecule has 0 spiro atoms. The van der Waals surface area contributed by atoms with Gasteiger partial charge < -0.3 is 5.32 Å². The molecule has 0 amide bonds. The molecule has 1 aromatic carbocycles. The lowest BCUT2D eigenvalue weighted by atomic mass is 9.77. The molecule has 27 heavy (non-hydrogen) atoms. The third-order valence-corrected chi connectivity index (χ3v) is 6.63. The highest BCUT2D eigenvalue weighted by Crippen LogP contribution is 2.38. The quantitative estimate of drug-likeness (QED) is 0.342. The number of benzene rings is 1. The molecule has 1 N–H and O–H groups in total. The number of rotatable bonds is 13. The molecule has 0 aromatic heterocycles. The van der Waals surface area contributed by atoms with Crippen molar-refractivity contribution in [2.45, 2.75) is 117 Å². The van der Waals surface area contributed by atoms with Crippen LogP contribution in [-0.2, 0) is 0 Å². The van der Waals surface area contributed by atoms with Gasteiger partial charge in [-0.2, -0.15) is 0 Å². The lowest BCUT2D eigenvalue weighted by molar-refractivity contribution is 0.303. The average Bonchev–Trinajstić information content (AvgIpc) is 2.69. The molecule has 1 aliphatic rings. The molecule has 0 unspecified atom stereocenters. The highest BCUT2D eigenvalue weighted by atomic mass is 14.9. The number of nitrogens with one attached hydrogen (secondary N) is 1. The average molecular weight is 372 g/mol. The maximum Gasteiger partial charge on any atom is 0.0370 e. The van der Waals surface area contributed by atoms with E-state index in [9.17, 15) is 0 Å². The monoisotopic (exact) mass is 371 g/mol. The van der Waals surface area contributed by atoms with Crippen LogP contribution in [0, 0.1) is 12.8 Å². The highest BCUT2D eigenvalue weighted by molar-refractivity contribution is 5.52. The number of hydrogen-bond donors (Lipinski definition) is 1. The van der Waals surface area contributed by atoms with E-state index in [2.05, 4.69) is 44.3 Å².